The first-order valence-electron chi connectivity index (χ1n) is 4.02. The summed E-state index contributed by atoms with van der Waals surface area (Å²) < 4.78 is 15.7. The van der Waals surface area contributed by atoms with E-state index in [1.54, 1.807) is 37.3 Å². The zero-order valence-electron chi connectivity index (χ0n) is 7.76. The second kappa shape index (κ2) is 8.49. The molecule has 14 heavy (non-hydrogen) atoms. The number of hydrogen-bond acceptors (Lipinski definition) is 4. The van der Waals surface area contributed by atoms with Crippen LogP contribution in [0.25, 0.3) is 0 Å². The van der Waals surface area contributed by atoms with Crippen LogP contribution in [-0.2, 0) is 4.86 Å². The third-order valence-corrected chi connectivity index (χ3v) is 1.06. The Labute approximate surface area is 82.0 Å². The van der Waals surface area contributed by atoms with Crippen molar-refractivity contribution in [3.8, 4) is 5.75 Å². The van der Waals surface area contributed by atoms with Gasteiger partial charge in [-0.1, -0.05) is 22.7 Å². The van der Waals surface area contributed by atoms with Gasteiger partial charge in [-0.3, -0.25) is 0 Å². The van der Waals surface area contributed by atoms with E-state index >= 15 is 0 Å². The molecular formula is C8H12BFO4. The van der Waals surface area contributed by atoms with Crippen molar-refractivity contribution in [2.45, 2.75) is 6.92 Å². The van der Waals surface area contributed by atoms with Crippen LogP contribution in [0.5, 0.6) is 5.75 Å². The van der Waals surface area contributed by atoms with Gasteiger partial charge in [0.05, 0.1) is 0 Å². The summed E-state index contributed by atoms with van der Waals surface area (Å²) in [6.45, 7) is 1.93. The molecule has 0 aliphatic heterocycles. The van der Waals surface area contributed by atoms with Crippen molar-refractivity contribution in [3.05, 3.63) is 30.3 Å². The van der Waals surface area contributed by atoms with Crippen LogP contribution < -0.4 is 4.65 Å². The summed E-state index contributed by atoms with van der Waals surface area (Å²) in [6.07, 6.45) is 0. The number of aliphatic hydroxyl groups excluding tert-OH is 1. The van der Waals surface area contributed by atoms with Gasteiger partial charge in [-0.15, -0.1) is 0 Å². The van der Waals surface area contributed by atoms with Crippen molar-refractivity contribution >= 4 is 7.32 Å². The Morgan fingerprint density at radius 2 is 1.86 bits per heavy atom. The van der Waals surface area contributed by atoms with E-state index in [0.29, 0.717) is 5.75 Å². The van der Waals surface area contributed by atoms with Gasteiger partial charge >= 0.3 is 7.32 Å². The highest BCUT2D eigenvalue weighted by atomic mass is 19.3. The van der Waals surface area contributed by atoms with Crippen LogP contribution in [0.1, 0.15) is 6.92 Å². The Balaban J connectivity index is 0.000000500. The van der Waals surface area contributed by atoms with Gasteiger partial charge in [-0.05, 0) is 19.1 Å². The van der Waals surface area contributed by atoms with Gasteiger partial charge in [0.15, 0.2) is 0 Å². The Hall–Kier alpha value is -1.11. The molecule has 0 radical (unpaired) electrons. The second-order valence-corrected chi connectivity index (χ2v) is 2.14. The molecule has 0 amide bonds. The first-order valence-corrected chi connectivity index (χ1v) is 4.02. The first kappa shape index (κ1) is 12.9. The summed E-state index contributed by atoms with van der Waals surface area (Å²) in [4.78, 5) is 2.99. The molecule has 0 unspecified atom stereocenters. The van der Waals surface area contributed by atoms with Crippen LogP contribution in [0, 0.1) is 0 Å². The molecule has 0 bridgehead atoms. The van der Waals surface area contributed by atoms with Crippen LogP contribution in [0.15, 0.2) is 30.3 Å². The van der Waals surface area contributed by atoms with Crippen molar-refractivity contribution in [3.63, 3.8) is 0 Å². The zero-order chi connectivity index (χ0) is 10.8. The molecule has 1 aromatic rings. The average Bonchev–Trinajstić information content (AvgIpc) is 2.20. The minimum absolute atomic E-state index is 0.250. The molecule has 0 spiro atoms. The fourth-order valence-corrected chi connectivity index (χ4v) is 0.634. The zero-order valence-corrected chi connectivity index (χ0v) is 7.76. The molecule has 0 fully saturated rings. The number of para-hydroxylation sites is 1. The molecule has 0 aliphatic carbocycles. The normalized spacial score (nSPS) is 8.57. The number of benzene rings is 1. The molecule has 4 nitrogen and oxygen atoms in total. The Morgan fingerprint density at radius 3 is 2.29 bits per heavy atom. The summed E-state index contributed by atoms with van der Waals surface area (Å²) in [5, 5.41) is 16.1. The van der Waals surface area contributed by atoms with Crippen LogP contribution >= 0.6 is 0 Å². The lowest BCUT2D eigenvalue weighted by molar-refractivity contribution is -0.0527. The maximum absolute atomic E-state index is 11.2. The summed E-state index contributed by atoms with van der Waals surface area (Å²) in [7, 11) is -1.85. The highest BCUT2D eigenvalue weighted by Crippen LogP contribution is 2.08. The van der Waals surface area contributed by atoms with E-state index in [9.17, 15) is 4.53 Å². The SMILES string of the molecule is CCO.OB(OF)Oc1ccccc1. The summed E-state index contributed by atoms with van der Waals surface area (Å²) in [6, 6.07) is 8.31. The molecule has 0 saturated heterocycles. The predicted octanol–water partition coefficient (Wildman–Crippen LogP) is 0.942. The molecule has 0 saturated carbocycles. The van der Waals surface area contributed by atoms with Crippen molar-refractivity contribution < 1.29 is 24.2 Å². The predicted molar refractivity (Wildman–Crippen MR) is 50.0 cm³/mol. The summed E-state index contributed by atoms with van der Waals surface area (Å²) in [5.74, 6) is 0.345. The highest BCUT2D eigenvalue weighted by Gasteiger charge is 2.18. The van der Waals surface area contributed by atoms with Crippen molar-refractivity contribution in [2.75, 3.05) is 6.61 Å². The van der Waals surface area contributed by atoms with Crippen LogP contribution in [0.3, 0.4) is 0 Å². The molecule has 0 atom stereocenters. The summed E-state index contributed by atoms with van der Waals surface area (Å²) >= 11 is 0. The lowest BCUT2D eigenvalue weighted by Crippen LogP contribution is -2.22. The third-order valence-electron chi connectivity index (χ3n) is 1.06. The van der Waals surface area contributed by atoms with Gasteiger partial charge < -0.3 is 14.8 Å². The second-order valence-electron chi connectivity index (χ2n) is 2.14. The first-order chi connectivity index (χ1) is 6.74. The quantitative estimate of drug-likeness (QED) is 0.716. The Kier molecular flexibility index (Phi) is 7.82. The maximum atomic E-state index is 11.2. The average molecular weight is 202 g/mol. The Bertz CT molecular complexity index is 222. The fraction of sp³-hybridized carbons (Fsp3) is 0.250. The molecule has 0 aliphatic rings. The van der Waals surface area contributed by atoms with E-state index in [4.69, 9.17) is 10.1 Å². The van der Waals surface area contributed by atoms with E-state index in [1.165, 1.54) is 0 Å². The van der Waals surface area contributed by atoms with Gasteiger partial charge in [0.1, 0.15) is 5.75 Å². The van der Waals surface area contributed by atoms with E-state index < -0.39 is 7.32 Å². The topological polar surface area (TPSA) is 58.9 Å². The number of halogens is 1. The van der Waals surface area contributed by atoms with Gasteiger partial charge in [-0.25, -0.2) is 0 Å². The number of rotatable bonds is 3. The smallest absolute Gasteiger partial charge is 0.510 e. The standard InChI is InChI=1S/C6H6BFO3.C2H6O/c8-11-7(9)10-6-4-2-1-3-5-6;1-2-3/h1-5,9H;3H,2H2,1H3. The molecule has 6 heteroatoms. The van der Waals surface area contributed by atoms with Crippen molar-refractivity contribution in [2.24, 2.45) is 0 Å². The molecule has 1 aromatic carbocycles. The minimum Gasteiger partial charge on any atom is -0.510 e. The van der Waals surface area contributed by atoms with E-state index in [1.807, 2.05) is 0 Å². The maximum Gasteiger partial charge on any atom is 0.743 e. The third kappa shape index (κ3) is 6.42. The van der Waals surface area contributed by atoms with Gasteiger partial charge in [0.2, 0.25) is 0 Å². The fourth-order valence-electron chi connectivity index (χ4n) is 0.634. The Morgan fingerprint density at radius 1 is 1.36 bits per heavy atom. The van der Waals surface area contributed by atoms with Gasteiger partial charge in [0, 0.05) is 6.61 Å². The monoisotopic (exact) mass is 202 g/mol. The molecule has 78 valence electrons. The number of aliphatic hydroxyl groups is 1. The molecule has 1 rings (SSSR count). The van der Waals surface area contributed by atoms with Crippen LogP contribution in [0.2, 0.25) is 0 Å². The van der Waals surface area contributed by atoms with Crippen molar-refractivity contribution in [1.29, 1.82) is 0 Å². The van der Waals surface area contributed by atoms with E-state index in [2.05, 4.69) is 9.51 Å². The summed E-state index contributed by atoms with van der Waals surface area (Å²) in [5.41, 5.74) is 0. The minimum atomic E-state index is -1.85. The largest absolute Gasteiger partial charge is 0.743 e. The molecule has 2 N–H and O–H groups in total. The molecule has 0 aromatic heterocycles. The lowest BCUT2D eigenvalue weighted by Gasteiger charge is -2.03. The lowest BCUT2D eigenvalue weighted by atomic mass is 10.2. The van der Waals surface area contributed by atoms with Crippen LogP contribution in [-0.4, -0.2) is 24.1 Å². The number of hydrogen-bond donors (Lipinski definition) is 2. The van der Waals surface area contributed by atoms with Gasteiger partial charge in [0.25, 0.3) is 0 Å². The van der Waals surface area contributed by atoms with Gasteiger partial charge in [-0.2, -0.15) is 4.86 Å². The van der Waals surface area contributed by atoms with Crippen molar-refractivity contribution in [1.82, 2.24) is 0 Å². The molecule has 0 heterocycles. The van der Waals surface area contributed by atoms with E-state index in [0.717, 1.165) is 0 Å². The van der Waals surface area contributed by atoms with E-state index in [-0.39, 0.29) is 6.61 Å². The highest BCUT2D eigenvalue weighted by molar-refractivity contribution is 6.35. The molecular weight excluding hydrogens is 190 g/mol. The van der Waals surface area contributed by atoms with Crippen LogP contribution in [0.4, 0.5) is 4.53 Å².